The Hall–Kier alpha value is -4.94. The van der Waals surface area contributed by atoms with Crippen LogP contribution in [-0.4, -0.2) is 0 Å². The van der Waals surface area contributed by atoms with Gasteiger partial charge in [0, 0.05) is 0 Å². The molecule has 0 aliphatic rings. The third kappa shape index (κ3) is 5.30. The van der Waals surface area contributed by atoms with E-state index in [9.17, 15) is 0 Å². The number of allylic oxidation sites excluding steroid dienone is 6. The highest BCUT2D eigenvalue weighted by Crippen LogP contribution is 2.44. The van der Waals surface area contributed by atoms with E-state index in [1.807, 2.05) is 0 Å². The summed E-state index contributed by atoms with van der Waals surface area (Å²) in [4.78, 5) is 0. The van der Waals surface area contributed by atoms with Crippen molar-refractivity contribution >= 4 is 37.9 Å². The molecule has 0 spiro atoms. The van der Waals surface area contributed by atoms with E-state index in [0.29, 0.717) is 0 Å². The minimum absolute atomic E-state index is 0.820. The molecule has 0 heterocycles. The topological polar surface area (TPSA) is 0 Å². The molecule has 0 radical (unpaired) electrons. The van der Waals surface area contributed by atoms with E-state index in [4.69, 9.17) is 0 Å². The second kappa shape index (κ2) is 11.3. The van der Waals surface area contributed by atoms with Crippen molar-refractivity contribution in [2.75, 3.05) is 0 Å². The van der Waals surface area contributed by atoms with Crippen LogP contribution in [0.25, 0.3) is 60.1 Å². The first-order valence-corrected chi connectivity index (χ1v) is 14.2. The summed E-state index contributed by atoms with van der Waals surface area (Å²) in [5.41, 5.74) is 9.54. The molecule has 0 aliphatic heterocycles. The molecule has 6 aromatic rings. The first-order valence-electron chi connectivity index (χ1n) is 14.2. The Balaban J connectivity index is 1.47. The van der Waals surface area contributed by atoms with Gasteiger partial charge in [-0.15, -0.1) is 0 Å². The van der Waals surface area contributed by atoms with Gasteiger partial charge in [-0.2, -0.15) is 0 Å². The average molecular weight is 527 g/mol. The largest absolute Gasteiger partial charge is 0.0955 e. The van der Waals surface area contributed by atoms with Gasteiger partial charge in [0.25, 0.3) is 0 Å². The van der Waals surface area contributed by atoms with Gasteiger partial charge < -0.3 is 0 Å². The zero-order valence-electron chi connectivity index (χ0n) is 23.8. The van der Waals surface area contributed by atoms with Crippen LogP contribution >= 0.6 is 0 Å². The molecule has 0 saturated heterocycles. The summed E-state index contributed by atoms with van der Waals surface area (Å²) in [5, 5.41) is 7.52. The van der Waals surface area contributed by atoms with Crippen LogP contribution in [0.5, 0.6) is 0 Å². The van der Waals surface area contributed by atoms with Gasteiger partial charge in [0.15, 0.2) is 0 Å². The minimum atomic E-state index is 0.820. The van der Waals surface area contributed by atoms with Crippen molar-refractivity contribution in [1.29, 1.82) is 0 Å². The van der Waals surface area contributed by atoms with Crippen LogP contribution in [0.4, 0.5) is 0 Å². The zero-order valence-corrected chi connectivity index (χ0v) is 23.8. The first kappa shape index (κ1) is 26.3. The lowest BCUT2D eigenvalue weighted by atomic mass is 9.85. The fourth-order valence-corrected chi connectivity index (χ4v) is 5.87. The third-order valence-electron chi connectivity index (χ3n) is 7.69. The van der Waals surface area contributed by atoms with E-state index in [-0.39, 0.29) is 0 Å². The fraction of sp³-hybridized carbons (Fsp3) is 0.0732. The molecule has 0 fully saturated rings. The Bertz CT molecular complexity index is 1940. The molecule has 0 unspecified atom stereocenters. The summed E-state index contributed by atoms with van der Waals surface area (Å²) in [7, 11) is 0. The van der Waals surface area contributed by atoms with Crippen LogP contribution in [0.3, 0.4) is 0 Å². The predicted molar refractivity (Wildman–Crippen MR) is 181 cm³/mol. The van der Waals surface area contributed by atoms with E-state index < -0.39 is 0 Å². The molecule has 0 amide bonds. The number of benzene rings is 6. The molecule has 0 N–H and O–H groups in total. The van der Waals surface area contributed by atoms with Crippen molar-refractivity contribution in [3.05, 3.63) is 163 Å². The number of hydrogen-bond acceptors (Lipinski definition) is 0. The summed E-state index contributed by atoms with van der Waals surface area (Å²) < 4.78 is 0. The Kier molecular flexibility index (Phi) is 7.23. The quantitative estimate of drug-likeness (QED) is 0.143. The van der Waals surface area contributed by atoms with Crippen LogP contribution in [0.2, 0.25) is 0 Å². The van der Waals surface area contributed by atoms with Gasteiger partial charge in [-0.25, -0.2) is 0 Å². The van der Waals surface area contributed by atoms with E-state index in [2.05, 4.69) is 160 Å². The lowest BCUT2D eigenvalue weighted by molar-refractivity contribution is 1.26. The third-order valence-corrected chi connectivity index (χ3v) is 7.69. The Morgan fingerprint density at radius 2 is 1.15 bits per heavy atom. The number of rotatable bonds is 7. The minimum Gasteiger partial charge on any atom is -0.0955 e. The first-order chi connectivity index (χ1) is 20.0. The number of fused-ring (bicyclic) bond motifs is 3. The normalized spacial score (nSPS) is 11.4. The Morgan fingerprint density at radius 3 is 1.76 bits per heavy atom. The molecule has 0 atom stereocenters. The maximum atomic E-state index is 4.36. The van der Waals surface area contributed by atoms with E-state index in [0.717, 1.165) is 23.1 Å². The van der Waals surface area contributed by atoms with Gasteiger partial charge in [0.1, 0.15) is 0 Å². The van der Waals surface area contributed by atoms with Crippen molar-refractivity contribution in [3.8, 4) is 22.3 Å². The molecule has 6 aromatic carbocycles. The standard InChI is InChI=1S/C41H34/c1-28(2)25-29(3)13-12-14-30(4)33-23-21-31-22-24-34(27-35(31)26-33)41-38-19-10-8-17-36(38)40(32-15-6-5-7-16-32)37-18-9-11-20-39(37)41/h5-12,14-27H,3-4,13H2,1-2H3/b14-12-. The monoisotopic (exact) mass is 526 g/mol. The average Bonchev–Trinajstić information content (AvgIpc) is 2.99. The Labute approximate surface area is 243 Å². The molecule has 41 heavy (non-hydrogen) atoms. The van der Waals surface area contributed by atoms with Crippen molar-refractivity contribution in [2.45, 2.75) is 20.3 Å². The van der Waals surface area contributed by atoms with Crippen LogP contribution < -0.4 is 0 Å². The molecular formula is C41H34. The second-order valence-electron chi connectivity index (χ2n) is 11.0. The number of hydrogen-bond donors (Lipinski definition) is 0. The summed E-state index contributed by atoms with van der Waals surface area (Å²) in [6.45, 7) is 12.7. The van der Waals surface area contributed by atoms with E-state index in [1.165, 1.54) is 60.1 Å². The van der Waals surface area contributed by atoms with E-state index >= 15 is 0 Å². The van der Waals surface area contributed by atoms with Gasteiger partial charge in [0.2, 0.25) is 0 Å². The molecule has 0 heteroatoms. The van der Waals surface area contributed by atoms with Gasteiger partial charge in [-0.1, -0.05) is 146 Å². The van der Waals surface area contributed by atoms with Crippen molar-refractivity contribution < 1.29 is 0 Å². The molecular weight excluding hydrogens is 492 g/mol. The predicted octanol–water partition coefficient (Wildman–Crippen LogP) is 12.0. The molecule has 0 aromatic heterocycles. The summed E-state index contributed by atoms with van der Waals surface area (Å²) >= 11 is 0. The lowest BCUT2D eigenvalue weighted by Gasteiger charge is -2.18. The summed E-state index contributed by atoms with van der Waals surface area (Å²) in [5.74, 6) is 0. The highest BCUT2D eigenvalue weighted by molar-refractivity contribution is 6.21. The van der Waals surface area contributed by atoms with Gasteiger partial charge in [-0.3, -0.25) is 0 Å². The van der Waals surface area contributed by atoms with Crippen molar-refractivity contribution in [2.24, 2.45) is 0 Å². The lowest BCUT2D eigenvalue weighted by Crippen LogP contribution is -1.91. The Morgan fingerprint density at radius 1 is 0.585 bits per heavy atom. The fourth-order valence-electron chi connectivity index (χ4n) is 5.87. The maximum absolute atomic E-state index is 4.36. The molecule has 0 aliphatic carbocycles. The highest BCUT2D eigenvalue weighted by atomic mass is 14.2. The van der Waals surface area contributed by atoms with Crippen molar-refractivity contribution in [1.82, 2.24) is 0 Å². The van der Waals surface area contributed by atoms with E-state index in [1.54, 1.807) is 0 Å². The zero-order chi connectivity index (χ0) is 28.3. The van der Waals surface area contributed by atoms with Crippen LogP contribution in [0.15, 0.2) is 158 Å². The van der Waals surface area contributed by atoms with Gasteiger partial charge in [0.05, 0.1) is 0 Å². The molecule has 198 valence electrons. The smallest absolute Gasteiger partial charge is 0.00262 e. The molecule has 0 bridgehead atoms. The van der Waals surface area contributed by atoms with Gasteiger partial charge >= 0.3 is 0 Å². The van der Waals surface area contributed by atoms with Gasteiger partial charge in [-0.05, 0) is 98.1 Å². The molecule has 0 nitrogen and oxygen atoms in total. The SMILES string of the molecule is C=C(C=C(C)C)C/C=C\C(=C)c1ccc2ccc(-c3c4ccccc4c(-c4ccccc4)c4ccccc34)cc2c1. The summed E-state index contributed by atoms with van der Waals surface area (Å²) in [6, 6.07) is 41.9. The molecule has 0 saturated carbocycles. The highest BCUT2D eigenvalue weighted by Gasteiger charge is 2.16. The summed E-state index contributed by atoms with van der Waals surface area (Å²) in [6.07, 6.45) is 7.21. The maximum Gasteiger partial charge on any atom is -0.00262 e. The molecule has 6 rings (SSSR count). The second-order valence-corrected chi connectivity index (χ2v) is 11.0. The van der Waals surface area contributed by atoms with Crippen LogP contribution in [0, 0.1) is 0 Å². The van der Waals surface area contributed by atoms with Crippen molar-refractivity contribution in [3.63, 3.8) is 0 Å². The van der Waals surface area contributed by atoms with Crippen LogP contribution in [-0.2, 0) is 0 Å². The van der Waals surface area contributed by atoms with Crippen LogP contribution in [0.1, 0.15) is 25.8 Å².